The molecule has 1 atom stereocenters. The Morgan fingerprint density at radius 3 is 2.32 bits per heavy atom. The normalized spacial score (nSPS) is 12.4. The van der Waals surface area contributed by atoms with Crippen molar-refractivity contribution in [3.05, 3.63) is 88.9 Å². The minimum atomic E-state index is -0.0810. The van der Waals surface area contributed by atoms with Gasteiger partial charge in [-0.1, -0.05) is 100 Å². The van der Waals surface area contributed by atoms with Gasteiger partial charge in [0, 0.05) is 22.0 Å². The van der Waals surface area contributed by atoms with Crippen molar-refractivity contribution in [2.75, 3.05) is 11.1 Å². The first-order valence-electron chi connectivity index (χ1n) is 12.5. The summed E-state index contributed by atoms with van der Waals surface area (Å²) in [5.74, 6) is 1.21. The van der Waals surface area contributed by atoms with E-state index in [0.717, 1.165) is 28.9 Å². The van der Waals surface area contributed by atoms with Crippen molar-refractivity contribution in [3.8, 4) is 17.1 Å². The molecule has 0 aliphatic carbocycles. The number of carbonyl (C=O) groups is 1. The van der Waals surface area contributed by atoms with E-state index in [1.165, 1.54) is 17.3 Å². The zero-order valence-electron chi connectivity index (χ0n) is 22.0. The summed E-state index contributed by atoms with van der Waals surface area (Å²) >= 11 is 7.52. The lowest BCUT2D eigenvalue weighted by Crippen LogP contribution is -2.16. The molecule has 37 heavy (non-hydrogen) atoms. The minimum Gasteiger partial charge on any atom is -0.325 e. The van der Waals surface area contributed by atoms with Crippen LogP contribution in [-0.4, -0.2) is 26.4 Å². The van der Waals surface area contributed by atoms with E-state index in [-0.39, 0.29) is 17.1 Å². The number of thioether (sulfide) groups is 1. The highest BCUT2D eigenvalue weighted by Crippen LogP contribution is 2.31. The summed E-state index contributed by atoms with van der Waals surface area (Å²) in [5.41, 5.74) is 5.15. The standard InChI is InChI=1S/C30H33ClN4OS/c1-6-20(2)25-9-7-8-10-26(25)32-27(36)19-37-29-34-33-28(35(29)24-17-15-23(31)16-18-24)21-11-13-22(14-12-21)30(3,4)5/h7-18,20H,6,19H2,1-5H3,(H,32,36)/t20-/m0/s1. The Morgan fingerprint density at radius 2 is 1.68 bits per heavy atom. The van der Waals surface area contributed by atoms with Gasteiger partial charge in [-0.3, -0.25) is 9.36 Å². The van der Waals surface area contributed by atoms with E-state index < -0.39 is 0 Å². The van der Waals surface area contributed by atoms with E-state index in [1.54, 1.807) is 0 Å². The molecule has 1 N–H and O–H groups in total. The molecule has 0 unspecified atom stereocenters. The van der Waals surface area contributed by atoms with Crippen LogP contribution in [0.5, 0.6) is 0 Å². The summed E-state index contributed by atoms with van der Waals surface area (Å²) in [6.07, 6.45) is 1.01. The maximum Gasteiger partial charge on any atom is 0.234 e. The molecule has 0 bridgehead atoms. The quantitative estimate of drug-likeness (QED) is 0.233. The molecule has 1 aromatic heterocycles. The third-order valence-corrected chi connectivity index (χ3v) is 7.62. The van der Waals surface area contributed by atoms with E-state index in [1.807, 2.05) is 47.0 Å². The maximum atomic E-state index is 12.9. The van der Waals surface area contributed by atoms with Gasteiger partial charge in [0.15, 0.2) is 11.0 Å². The van der Waals surface area contributed by atoms with Crippen molar-refractivity contribution in [1.82, 2.24) is 14.8 Å². The predicted molar refractivity (Wildman–Crippen MR) is 155 cm³/mol. The molecule has 192 valence electrons. The van der Waals surface area contributed by atoms with E-state index in [4.69, 9.17) is 11.6 Å². The van der Waals surface area contributed by atoms with Crippen molar-refractivity contribution in [2.24, 2.45) is 0 Å². The molecule has 0 saturated heterocycles. The third kappa shape index (κ3) is 6.43. The third-order valence-electron chi connectivity index (χ3n) is 6.44. The molecule has 4 rings (SSSR count). The molecule has 0 radical (unpaired) electrons. The van der Waals surface area contributed by atoms with Crippen LogP contribution in [-0.2, 0) is 10.2 Å². The molecule has 4 aromatic rings. The second-order valence-corrected chi connectivity index (χ2v) is 11.6. The van der Waals surface area contributed by atoms with Crippen LogP contribution in [0.15, 0.2) is 78.0 Å². The van der Waals surface area contributed by atoms with Gasteiger partial charge in [0.25, 0.3) is 0 Å². The monoisotopic (exact) mass is 532 g/mol. The Hall–Kier alpha value is -3.09. The molecular formula is C30H33ClN4OS. The molecule has 7 heteroatoms. The highest BCUT2D eigenvalue weighted by Gasteiger charge is 2.19. The fourth-order valence-electron chi connectivity index (χ4n) is 4.07. The van der Waals surface area contributed by atoms with Gasteiger partial charge in [-0.15, -0.1) is 10.2 Å². The number of anilines is 1. The van der Waals surface area contributed by atoms with Gasteiger partial charge in [-0.25, -0.2) is 0 Å². The summed E-state index contributed by atoms with van der Waals surface area (Å²) in [7, 11) is 0. The molecule has 0 saturated carbocycles. The van der Waals surface area contributed by atoms with Gasteiger partial charge in [0.05, 0.1) is 5.75 Å². The number of aromatic nitrogens is 3. The van der Waals surface area contributed by atoms with Crippen molar-refractivity contribution < 1.29 is 4.79 Å². The van der Waals surface area contributed by atoms with Crippen LogP contribution in [0.3, 0.4) is 0 Å². The lowest BCUT2D eigenvalue weighted by molar-refractivity contribution is -0.113. The minimum absolute atomic E-state index is 0.0598. The molecule has 5 nitrogen and oxygen atoms in total. The average molecular weight is 533 g/mol. The van der Waals surface area contributed by atoms with Crippen LogP contribution in [0.1, 0.15) is 58.1 Å². The Labute approximate surface area is 228 Å². The number of nitrogens with zero attached hydrogens (tertiary/aromatic N) is 3. The molecular weight excluding hydrogens is 500 g/mol. The first-order chi connectivity index (χ1) is 17.7. The highest BCUT2D eigenvalue weighted by molar-refractivity contribution is 7.99. The van der Waals surface area contributed by atoms with E-state index >= 15 is 0 Å². The van der Waals surface area contributed by atoms with Crippen molar-refractivity contribution in [1.29, 1.82) is 0 Å². The first-order valence-corrected chi connectivity index (χ1v) is 13.9. The SMILES string of the molecule is CC[C@H](C)c1ccccc1NC(=O)CSc1nnc(-c2ccc(C(C)(C)C)cc2)n1-c1ccc(Cl)cc1. The Morgan fingerprint density at radius 1 is 1.00 bits per heavy atom. The molecule has 0 aliphatic heterocycles. The van der Waals surface area contributed by atoms with E-state index in [0.29, 0.717) is 21.9 Å². The Kier molecular flexibility index (Phi) is 8.40. The molecule has 0 fully saturated rings. The molecule has 1 heterocycles. The highest BCUT2D eigenvalue weighted by atomic mass is 35.5. The van der Waals surface area contributed by atoms with Gasteiger partial charge in [-0.2, -0.15) is 0 Å². The summed E-state index contributed by atoms with van der Waals surface area (Å²) < 4.78 is 1.98. The summed E-state index contributed by atoms with van der Waals surface area (Å²) in [6.45, 7) is 10.9. The van der Waals surface area contributed by atoms with Crippen LogP contribution in [0.25, 0.3) is 17.1 Å². The summed E-state index contributed by atoms with van der Waals surface area (Å²) in [5, 5.41) is 13.4. The Balaban J connectivity index is 1.60. The molecule has 3 aromatic carbocycles. The van der Waals surface area contributed by atoms with Crippen molar-refractivity contribution in [3.63, 3.8) is 0 Å². The maximum absolute atomic E-state index is 12.9. The lowest BCUT2D eigenvalue weighted by atomic mass is 9.87. The average Bonchev–Trinajstić information content (AvgIpc) is 3.31. The largest absolute Gasteiger partial charge is 0.325 e. The van der Waals surface area contributed by atoms with Crippen LogP contribution in [0, 0.1) is 0 Å². The second kappa shape index (κ2) is 11.5. The van der Waals surface area contributed by atoms with Crippen LogP contribution < -0.4 is 5.32 Å². The van der Waals surface area contributed by atoms with Gasteiger partial charge in [-0.05, 0) is 59.2 Å². The lowest BCUT2D eigenvalue weighted by Gasteiger charge is -2.19. The predicted octanol–water partition coefficient (Wildman–Crippen LogP) is 8.13. The number of carbonyl (C=O) groups excluding carboxylic acids is 1. The zero-order valence-corrected chi connectivity index (χ0v) is 23.5. The Bertz CT molecular complexity index is 1360. The fraction of sp³-hybridized carbons (Fsp3) is 0.300. The number of halogens is 1. The van der Waals surface area contributed by atoms with Gasteiger partial charge < -0.3 is 5.32 Å². The number of benzene rings is 3. The number of hydrogen-bond acceptors (Lipinski definition) is 4. The molecule has 0 aliphatic rings. The topological polar surface area (TPSA) is 59.8 Å². The number of rotatable bonds is 8. The summed E-state index contributed by atoms with van der Waals surface area (Å²) in [4.78, 5) is 12.9. The van der Waals surface area contributed by atoms with Crippen LogP contribution in [0.4, 0.5) is 5.69 Å². The first kappa shape index (κ1) is 27.0. The van der Waals surface area contributed by atoms with E-state index in [9.17, 15) is 4.79 Å². The number of para-hydroxylation sites is 1. The van der Waals surface area contributed by atoms with Gasteiger partial charge >= 0.3 is 0 Å². The smallest absolute Gasteiger partial charge is 0.234 e. The number of amides is 1. The zero-order chi connectivity index (χ0) is 26.6. The fourth-order valence-corrected chi connectivity index (χ4v) is 4.95. The van der Waals surface area contributed by atoms with Crippen LogP contribution in [0.2, 0.25) is 5.02 Å². The second-order valence-electron chi connectivity index (χ2n) is 10.2. The van der Waals surface area contributed by atoms with Crippen molar-refractivity contribution >= 4 is 35.0 Å². The van der Waals surface area contributed by atoms with Gasteiger partial charge in [0.2, 0.25) is 5.91 Å². The number of hydrogen-bond donors (Lipinski definition) is 1. The number of nitrogens with one attached hydrogen (secondary N) is 1. The van der Waals surface area contributed by atoms with Crippen LogP contribution >= 0.6 is 23.4 Å². The van der Waals surface area contributed by atoms with Crippen molar-refractivity contribution in [2.45, 2.75) is 57.5 Å². The molecule has 0 spiro atoms. The van der Waals surface area contributed by atoms with Gasteiger partial charge in [0.1, 0.15) is 0 Å². The summed E-state index contributed by atoms with van der Waals surface area (Å²) in [6, 6.07) is 24.0. The van der Waals surface area contributed by atoms with E-state index in [2.05, 4.69) is 80.5 Å². The molecule has 1 amide bonds.